The average molecular weight is 134 g/mol. The Morgan fingerprint density at radius 1 is 1.78 bits per heavy atom. The molecule has 9 heavy (non-hydrogen) atoms. The van der Waals surface area contributed by atoms with Crippen LogP contribution in [0.1, 0.15) is 6.92 Å². The van der Waals surface area contributed by atoms with Crippen molar-refractivity contribution in [3.63, 3.8) is 0 Å². The Labute approximate surface area is 53.1 Å². The second-order valence-electron chi connectivity index (χ2n) is 1.51. The van der Waals surface area contributed by atoms with Gasteiger partial charge >= 0.3 is 5.97 Å². The van der Waals surface area contributed by atoms with Crippen LogP contribution in [0.3, 0.4) is 0 Å². The molecule has 0 saturated carbocycles. The molecule has 4 heteroatoms. The first-order chi connectivity index (χ1) is 4.18. The molecule has 0 heterocycles. The van der Waals surface area contributed by atoms with Gasteiger partial charge in [-0.15, -0.1) is 0 Å². The summed E-state index contributed by atoms with van der Waals surface area (Å²) in [5.74, 6) is -1.25. The fraction of sp³-hybridized carbons (Fsp3) is 0.800. The summed E-state index contributed by atoms with van der Waals surface area (Å²) in [6, 6.07) is 0. The summed E-state index contributed by atoms with van der Waals surface area (Å²) in [6.07, 6.45) is -1.38. The van der Waals surface area contributed by atoms with Crippen LogP contribution in [-0.2, 0) is 9.53 Å². The highest BCUT2D eigenvalue weighted by molar-refractivity contribution is 5.71. The predicted octanol–water partition coefficient (Wildman–Crippen LogP) is -0.532. The molecule has 0 radical (unpaired) electrons. The van der Waals surface area contributed by atoms with Crippen molar-refractivity contribution in [2.24, 2.45) is 0 Å². The van der Waals surface area contributed by atoms with Crippen LogP contribution in [0, 0.1) is 0 Å². The summed E-state index contributed by atoms with van der Waals surface area (Å²) in [5.41, 5.74) is 0. The SMILES string of the molecule is CCOC[C@H](O)C(=O)O. The molecule has 0 aromatic carbocycles. The molecule has 4 nitrogen and oxygen atoms in total. The van der Waals surface area contributed by atoms with E-state index in [1.165, 1.54) is 0 Å². The molecule has 0 aromatic heterocycles. The number of hydrogen-bond donors (Lipinski definition) is 2. The molecular formula is C5H10O4. The quantitative estimate of drug-likeness (QED) is 0.542. The van der Waals surface area contributed by atoms with Gasteiger partial charge in [-0.05, 0) is 6.92 Å². The van der Waals surface area contributed by atoms with E-state index in [0.29, 0.717) is 6.61 Å². The zero-order valence-corrected chi connectivity index (χ0v) is 5.20. The summed E-state index contributed by atoms with van der Waals surface area (Å²) in [6.45, 7) is 2.02. The number of carboxylic acids is 1. The van der Waals surface area contributed by atoms with Gasteiger partial charge in [0, 0.05) is 6.61 Å². The summed E-state index contributed by atoms with van der Waals surface area (Å²) in [4.78, 5) is 9.88. The molecule has 0 bridgehead atoms. The molecule has 0 unspecified atom stereocenters. The van der Waals surface area contributed by atoms with Crippen LogP contribution >= 0.6 is 0 Å². The zero-order valence-electron chi connectivity index (χ0n) is 5.20. The van der Waals surface area contributed by atoms with E-state index < -0.39 is 12.1 Å². The molecule has 0 saturated heterocycles. The molecule has 0 aliphatic rings. The fourth-order valence-corrected chi connectivity index (χ4v) is 0.301. The van der Waals surface area contributed by atoms with Gasteiger partial charge < -0.3 is 14.9 Å². The third-order valence-corrected chi connectivity index (χ3v) is 0.765. The van der Waals surface area contributed by atoms with E-state index >= 15 is 0 Å². The number of aliphatic hydroxyl groups is 1. The Bertz CT molecular complexity index is 91.0. The number of carbonyl (C=O) groups is 1. The Balaban J connectivity index is 3.27. The first-order valence-electron chi connectivity index (χ1n) is 2.67. The third-order valence-electron chi connectivity index (χ3n) is 0.765. The number of aliphatic hydroxyl groups excluding tert-OH is 1. The van der Waals surface area contributed by atoms with E-state index in [0.717, 1.165) is 0 Å². The van der Waals surface area contributed by atoms with Crippen molar-refractivity contribution >= 4 is 5.97 Å². The Morgan fingerprint density at radius 3 is 2.67 bits per heavy atom. The lowest BCUT2D eigenvalue weighted by Crippen LogP contribution is -2.25. The maximum Gasteiger partial charge on any atom is 0.334 e. The fourth-order valence-electron chi connectivity index (χ4n) is 0.301. The van der Waals surface area contributed by atoms with Crippen molar-refractivity contribution < 1.29 is 19.7 Å². The molecular weight excluding hydrogens is 124 g/mol. The van der Waals surface area contributed by atoms with E-state index in [1.807, 2.05) is 0 Å². The standard InChI is InChI=1S/C5H10O4/c1-2-9-3-4(6)5(7)8/h4,6H,2-3H2,1H3,(H,7,8)/t4-/m0/s1. The molecule has 1 atom stereocenters. The minimum Gasteiger partial charge on any atom is -0.479 e. The molecule has 0 amide bonds. The number of rotatable bonds is 4. The van der Waals surface area contributed by atoms with Crippen molar-refractivity contribution in [3.8, 4) is 0 Å². The molecule has 54 valence electrons. The normalized spacial score (nSPS) is 13.1. The van der Waals surface area contributed by atoms with E-state index in [4.69, 9.17) is 10.2 Å². The molecule has 0 spiro atoms. The lowest BCUT2D eigenvalue weighted by molar-refractivity contribution is -0.149. The number of aliphatic carboxylic acids is 1. The molecule has 0 aromatic rings. The minimum absolute atomic E-state index is 0.133. The van der Waals surface area contributed by atoms with Crippen molar-refractivity contribution in [2.45, 2.75) is 13.0 Å². The van der Waals surface area contributed by atoms with Gasteiger partial charge in [0.1, 0.15) is 0 Å². The maximum atomic E-state index is 9.88. The predicted molar refractivity (Wildman–Crippen MR) is 30.1 cm³/mol. The maximum absolute atomic E-state index is 9.88. The van der Waals surface area contributed by atoms with Gasteiger partial charge in [0.05, 0.1) is 6.61 Å². The summed E-state index contributed by atoms with van der Waals surface area (Å²) in [7, 11) is 0. The third kappa shape index (κ3) is 3.93. The number of hydrogen-bond acceptors (Lipinski definition) is 3. The van der Waals surface area contributed by atoms with Gasteiger partial charge in [0.15, 0.2) is 6.10 Å². The Morgan fingerprint density at radius 2 is 2.33 bits per heavy atom. The van der Waals surface area contributed by atoms with E-state index in [-0.39, 0.29) is 6.61 Å². The monoisotopic (exact) mass is 134 g/mol. The zero-order chi connectivity index (χ0) is 7.28. The highest BCUT2D eigenvalue weighted by Crippen LogP contribution is 1.83. The first kappa shape index (κ1) is 8.39. The number of carboxylic acid groups (broad SMARTS) is 1. The van der Waals surface area contributed by atoms with Crippen LogP contribution in [-0.4, -0.2) is 35.5 Å². The van der Waals surface area contributed by atoms with Crippen LogP contribution in [0.25, 0.3) is 0 Å². The van der Waals surface area contributed by atoms with Crippen LogP contribution in [0.15, 0.2) is 0 Å². The van der Waals surface area contributed by atoms with Gasteiger partial charge in [-0.3, -0.25) is 0 Å². The first-order valence-corrected chi connectivity index (χ1v) is 2.67. The lowest BCUT2D eigenvalue weighted by atomic mass is 10.4. The van der Waals surface area contributed by atoms with Crippen molar-refractivity contribution in [3.05, 3.63) is 0 Å². The van der Waals surface area contributed by atoms with Crippen LogP contribution < -0.4 is 0 Å². The van der Waals surface area contributed by atoms with Crippen molar-refractivity contribution in [1.82, 2.24) is 0 Å². The van der Waals surface area contributed by atoms with E-state index in [1.54, 1.807) is 6.92 Å². The molecule has 0 aliphatic heterocycles. The minimum atomic E-state index is -1.38. The van der Waals surface area contributed by atoms with Crippen molar-refractivity contribution in [2.75, 3.05) is 13.2 Å². The van der Waals surface area contributed by atoms with Crippen molar-refractivity contribution in [1.29, 1.82) is 0 Å². The molecule has 0 rings (SSSR count). The van der Waals surface area contributed by atoms with Crippen LogP contribution in [0.5, 0.6) is 0 Å². The average Bonchev–Trinajstić information content (AvgIpc) is 1.82. The lowest BCUT2D eigenvalue weighted by Gasteiger charge is -2.02. The van der Waals surface area contributed by atoms with Gasteiger partial charge in [-0.1, -0.05) is 0 Å². The van der Waals surface area contributed by atoms with Crippen LogP contribution in [0.4, 0.5) is 0 Å². The highest BCUT2D eigenvalue weighted by atomic mass is 16.5. The molecule has 0 aliphatic carbocycles. The molecule has 2 N–H and O–H groups in total. The Hall–Kier alpha value is -0.610. The second-order valence-corrected chi connectivity index (χ2v) is 1.51. The molecule has 0 fully saturated rings. The van der Waals surface area contributed by atoms with Gasteiger partial charge in [0.25, 0.3) is 0 Å². The topological polar surface area (TPSA) is 66.8 Å². The summed E-state index contributed by atoms with van der Waals surface area (Å²) in [5, 5.41) is 16.6. The van der Waals surface area contributed by atoms with Gasteiger partial charge in [-0.25, -0.2) is 4.79 Å². The summed E-state index contributed by atoms with van der Waals surface area (Å²) >= 11 is 0. The van der Waals surface area contributed by atoms with E-state index in [9.17, 15) is 4.79 Å². The van der Waals surface area contributed by atoms with Gasteiger partial charge in [-0.2, -0.15) is 0 Å². The van der Waals surface area contributed by atoms with E-state index in [2.05, 4.69) is 4.74 Å². The second kappa shape index (κ2) is 4.29. The Kier molecular flexibility index (Phi) is 4.00. The smallest absolute Gasteiger partial charge is 0.334 e. The van der Waals surface area contributed by atoms with Gasteiger partial charge in [0.2, 0.25) is 0 Å². The number of ether oxygens (including phenoxy) is 1. The summed E-state index contributed by atoms with van der Waals surface area (Å²) < 4.78 is 4.63. The highest BCUT2D eigenvalue weighted by Gasteiger charge is 2.11. The largest absolute Gasteiger partial charge is 0.479 e. The van der Waals surface area contributed by atoms with Crippen LogP contribution in [0.2, 0.25) is 0 Å².